The van der Waals surface area contributed by atoms with Gasteiger partial charge in [0.05, 0.1) is 5.56 Å². The SMILES string of the molecule is Fc1cc(OCc2c(F)cc(-c3ccc(-c4ccccc4)cc3F)cc2F)ccc1-c1cc(F)c(F)c(F)c1. The third-order valence-corrected chi connectivity index (χ3v) is 6.15. The highest BCUT2D eigenvalue weighted by Gasteiger charge is 2.17. The monoisotopic (exact) mass is 538 g/mol. The molecule has 0 aromatic heterocycles. The summed E-state index contributed by atoms with van der Waals surface area (Å²) in [7, 11) is 0. The number of hydrogen-bond donors (Lipinski definition) is 0. The molecule has 39 heavy (non-hydrogen) atoms. The third kappa shape index (κ3) is 5.36. The Labute approximate surface area is 218 Å². The molecule has 0 N–H and O–H groups in total. The van der Waals surface area contributed by atoms with Crippen LogP contribution < -0.4 is 4.74 Å². The molecule has 8 heteroatoms. The zero-order chi connectivity index (χ0) is 27.7. The Morgan fingerprint density at radius 3 is 1.51 bits per heavy atom. The minimum Gasteiger partial charge on any atom is -0.489 e. The van der Waals surface area contributed by atoms with Crippen molar-refractivity contribution in [2.45, 2.75) is 6.61 Å². The molecule has 0 saturated heterocycles. The summed E-state index contributed by atoms with van der Waals surface area (Å²) < 4.78 is 105. The van der Waals surface area contributed by atoms with E-state index in [-0.39, 0.29) is 28.0 Å². The molecule has 5 rings (SSSR count). The highest BCUT2D eigenvalue weighted by atomic mass is 19.2. The van der Waals surface area contributed by atoms with Crippen LogP contribution in [0.2, 0.25) is 0 Å². The Morgan fingerprint density at radius 1 is 0.436 bits per heavy atom. The zero-order valence-electron chi connectivity index (χ0n) is 19.9. The van der Waals surface area contributed by atoms with Crippen LogP contribution in [0.25, 0.3) is 33.4 Å². The molecule has 0 aliphatic heterocycles. The second-order valence-electron chi connectivity index (χ2n) is 8.66. The van der Waals surface area contributed by atoms with E-state index in [1.807, 2.05) is 30.3 Å². The summed E-state index contributed by atoms with van der Waals surface area (Å²) in [6.07, 6.45) is 0. The maximum absolute atomic E-state index is 14.8. The van der Waals surface area contributed by atoms with Gasteiger partial charge < -0.3 is 4.74 Å². The standard InChI is InChI=1S/C31H17F7O/c32-25-10-18(17-4-2-1-3-5-17)6-8-22(25)19-11-26(33)24(27(34)12-19)16-39-21-7-9-23(28(35)15-21)20-13-29(36)31(38)30(37)14-20/h1-15H,16H2. The number of hydrogen-bond acceptors (Lipinski definition) is 1. The number of ether oxygens (including phenoxy) is 1. The second kappa shape index (κ2) is 10.6. The van der Waals surface area contributed by atoms with Crippen molar-refractivity contribution in [2.24, 2.45) is 0 Å². The minimum atomic E-state index is -1.68. The van der Waals surface area contributed by atoms with Crippen LogP contribution in [0.4, 0.5) is 30.7 Å². The molecule has 0 bridgehead atoms. The molecule has 5 aromatic carbocycles. The Bertz CT molecular complexity index is 1640. The van der Waals surface area contributed by atoms with Crippen molar-refractivity contribution in [3.8, 4) is 39.1 Å². The summed E-state index contributed by atoms with van der Waals surface area (Å²) in [4.78, 5) is 0. The lowest BCUT2D eigenvalue weighted by atomic mass is 9.98. The van der Waals surface area contributed by atoms with E-state index in [1.54, 1.807) is 6.07 Å². The van der Waals surface area contributed by atoms with Gasteiger partial charge in [0.25, 0.3) is 0 Å². The Kier molecular flexibility index (Phi) is 7.11. The molecule has 0 fully saturated rings. The summed E-state index contributed by atoms with van der Waals surface area (Å²) in [5.41, 5.74) is 0.442. The first-order chi connectivity index (χ1) is 18.7. The van der Waals surface area contributed by atoms with Gasteiger partial charge in [0.1, 0.15) is 35.6 Å². The highest BCUT2D eigenvalue weighted by molar-refractivity contribution is 5.71. The van der Waals surface area contributed by atoms with E-state index in [9.17, 15) is 30.7 Å². The van der Waals surface area contributed by atoms with Crippen molar-refractivity contribution >= 4 is 0 Å². The van der Waals surface area contributed by atoms with Crippen molar-refractivity contribution in [1.29, 1.82) is 0 Å². The van der Waals surface area contributed by atoms with Crippen molar-refractivity contribution < 1.29 is 35.5 Å². The fourth-order valence-electron chi connectivity index (χ4n) is 4.14. The van der Waals surface area contributed by atoms with E-state index >= 15 is 0 Å². The maximum atomic E-state index is 14.8. The normalized spacial score (nSPS) is 11.1. The van der Waals surface area contributed by atoms with Crippen molar-refractivity contribution in [3.63, 3.8) is 0 Å². The fourth-order valence-corrected chi connectivity index (χ4v) is 4.14. The molecule has 5 aromatic rings. The molecule has 0 unspecified atom stereocenters. The van der Waals surface area contributed by atoms with Gasteiger partial charge >= 0.3 is 0 Å². The average molecular weight is 538 g/mol. The van der Waals surface area contributed by atoms with Gasteiger partial charge in [-0.1, -0.05) is 42.5 Å². The summed E-state index contributed by atoms with van der Waals surface area (Å²) in [5.74, 6) is -8.36. The zero-order valence-corrected chi connectivity index (χ0v) is 19.9. The molecule has 0 atom stereocenters. The molecular weight excluding hydrogens is 521 g/mol. The first kappa shape index (κ1) is 26.0. The van der Waals surface area contributed by atoms with E-state index in [0.717, 1.165) is 29.8 Å². The first-order valence-electron chi connectivity index (χ1n) is 11.6. The van der Waals surface area contributed by atoms with Crippen molar-refractivity contribution in [2.75, 3.05) is 0 Å². The maximum Gasteiger partial charge on any atom is 0.194 e. The number of halogens is 7. The van der Waals surface area contributed by atoms with E-state index in [4.69, 9.17) is 4.74 Å². The van der Waals surface area contributed by atoms with Gasteiger partial charge in [0, 0.05) is 17.2 Å². The van der Waals surface area contributed by atoms with Crippen LogP contribution >= 0.6 is 0 Å². The van der Waals surface area contributed by atoms with Crippen LogP contribution in [-0.2, 0) is 6.61 Å². The smallest absolute Gasteiger partial charge is 0.194 e. The average Bonchev–Trinajstić information content (AvgIpc) is 2.91. The topological polar surface area (TPSA) is 9.23 Å². The lowest BCUT2D eigenvalue weighted by molar-refractivity contribution is 0.291. The lowest BCUT2D eigenvalue weighted by Crippen LogP contribution is -2.03. The van der Waals surface area contributed by atoms with Crippen LogP contribution in [-0.4, -0.2) is 0 Å². The molecule has 1 nitrogen and oxygen atoms in total. The molecule has 0 aliphatic rings. The van der Waals surface area contributed by atoms with Crippen LogP contribution in [0.5, 0.6) is 5.75 Å². The van der Waals surface area contributed by atoms with Crippen molar-refractivity contribution in [1.82, 2.24) is 0 Å². The summed E-state index contributed by atoms with van der Waals surface area (Å²) in [6.45, 7) is -0.619. The van der Waals surface area contributed by atoms with Gasteiger partial charge in [-0.3, -0.25) is 0 Å². The first-order valence-corrected chi connectivity index (χ1v) is 11.6. The van der Waals surface area contributed by atoms with Crippen LogP contribution in [0.1, 0.15) is 5.56 Å². The van der Waals surface area contributed by atoms with E-state index < -0.39 is 52.9 Å². The van der Waals surface area contributed by atoms with Crippen LogP contribution in [0.3, 0.4) is 0 Å². The molecule has 0 aliphatic carbocycles. The van der Waals surface area contributed by atoms with Gasteiger partial charge in [-0.15, -0.1) is 0 Å². The number of benzene rings is 5. The molecule has 0 saturated carbocycles. The molecule has 0 heterocycles. The Balaban J connectivity index is 1.34. The highest BCUT2D eigenvalue weighted by Crippen LogP contribution is 2.32. The molecule has 0 radical (unpaired) electrons. The van der Waals surface area contributed by atoms with Gasteiger partial charge in [-0.2, -0.15) is 0 Å². The molecule has 0 spiro atoms. The van der Waals surface area contributed by atoms with Crippen LogP contribution in [0.15, 0.2) is 91.0 Å². The number of rotatable bonds is 6. The third-order valence-electron chi connectivity index (χ3n) is 6.15. The van der Waals surface area contributed by atoms with Gasteiger partial charge in [-0.05, 0) is 64.7 Å². The van der Waals surface area contributed by atoms with Gasteiger partial charge in [-0.25, -0.2) is 30.7 Å². The van der Waals surface area contributed by atoms with Crippen molar-refractivity contribution in [3.05, 3.63) is 137 Å². The fraction of sp³-hybridized carbons (Fsp3) is 0.0323. The largest absolute Gasteiger partial charge is 0.489 e. The van der Waals surface area contributed by atoms with Gasteiger partial charge in [0.15, 0.2) is 17.5 Å². The summed E-state index contributed by atoms with van der Waals surface area (Å²) in [5, 5.41) is 0. The molecule has 0 amide bonds. The predicted molar refractivity (Wildman–Crippen MR) is 133 cm³/mol. The quantitative estimate of drug-likeness (QED) is 0.155. The van der Waals surface area contributed by atoms with E-state index in [0.29, 0.717) is 17.7 Å². The van der Waals surface area contributed by atoms with E-state index in [2.05, 4.69) is 0 Å². The second-order valence-corrected chi connectivity index (χ2v) is 8.66. The predicted octanol–water partition coefficient (Wildman–Crippen LogP) is 9.24. The summed E-state index contributed by atoms with van der Waals surface area (Å²) >= 11 is 0. The summed E-state index contributed by atoms with van der Waals surface area (Å²) in [6, 6.07) is 19.9. The van der Waals surface area contributed by atoms with Gasteiger partial charge in [0.2, 0.25) is 0 Å². The molecule has 196 valence electrons. The Hall–Kier alpha value is -4.59. The van der Waals surface area contributed by atoms with E-state index in [1.165, 1.54) is 18.2 Å². The minimum absolute atomic E-state index is 0.00581. The van der Waals surface area contributed by atoms with Crippen LogP contribution in [0, 0.1) is 40.7 Å². The molecular formula is C31H17F7O. The Morgan fingerprint density at radius 2 is 0.949 bits per heavy atom. The lowest BCUT2D eigenvalue weighted by Gasteiger charge is -2.12.